The van der Waals surface area contributed by atoms with Crippen molar-refractivity contribution in [1.82, 2.24) is 4.41 Å². The number of benzene rings is 3. The zero-order valence-electron chi connectivity index (χ0n) is 18.8. The Morgan fingerprint density at radius 1 is 1.00 bits per heavy atom. The number of aryl methyl sites for hydroxylation is 1. The van der Waals surface area contributed by atoms with Crippen molar-refractivity contribution in [3.05, 3.63) is 89.2 Å². The smallest absolute Gasteiger partial charge is 0.285 e. The number of ether oxygens (including phenoxy) is 1. The van der Waals surface area contributed by atoms with Crippen LogP contribution in [0.25, 0.3) is 11.1 Å². The number of halogens is 1. The highest BCUT2D eigenvalue weighted by Gasteiger charge is 2.30. The van der Waals surface area contributed by atoms with Crippen LogP contribution in [0.5, 0.6) is 0 Å². The SMILES string of the molecule is COCCCC(=O)c1cccc(-c2cc(C)c(F)c(C(=O)N(N)S(=O)(=O)c3ccccc3)c2)c1. The number of amides is 1. The van der Waals surface area contributed by atoms with Crippen LogP contribution in [0.1, 0.15) is 39.1 Å². The Hall–Kier alpha value is -3.40. The predicted octanol–water partition coefficient (Wildman–Crippen LogP) is 4.12. The fraction of sp³-hybridized carbons (Fsp3) is 0.200. The van der Waals surface area contributed by atoms with Gasteiger partial charge in [0.25, 0.3) is 15.9 Å². The largest absolute Gasteiger partial charge is 0.385 e. The van der Waals surface area contributed by atoms with Gasteiger partial charge in [0.2, 0.25) is 0 Å². The first-order chi connectivity index (χ1) is 16.2. The Bertz CT molecular complexity index is 1310. The molecule has 3 aromatic carbocycles. The number of rotatable bonds is 9. The quantitative estimate of drug-likeness (QED) is 0.161. The normalized spacial score (nSPS) is 11.3. The van der Waals surface area contributed by atoms with E-state index in [1.54, 1.807) is 37.4 Å². The molecular weight excluding hydrogens is 459 g/mol. The van der Waals surface area contributed by atoms with Gasteiger partial charge in [-0.05, 0) is 60.4 Å². The van der Waals surface area contributed by atoms with Crippen molar-refractivity contribution in [3.63, 3.8) is 0 Å². The molecule has 34 heavy (non-hydrogen) atoms. The molecule has 0 aliphatic heterocycles. The molecule has 9 heteroatoms. The van der Waals surface area contributed by atoms with Crippen LogP contribution in [0.4, 0.5) is 4.39 Å². The monoisotopic (exact) mass is 484 g/mol. The summed E-state index contributed by atoms with van der Waals surface area (Å²) in [6.45, 7) is 1.93. The lowest BCUT2D eigenvalue weighted by molar-refractivity contribution is 0.0856. The number of nitrogens with zero attached hydrogens (tertiary/aromatic N) is 1. The summed E-state index contributed by atoms with van der Waals surface area (Å²) in [5.74, 6) is 3.50. The van der Waals surface area contributed by atoms with Crippen LogP contribution in [0.2, 0.25) is 0 Å². The van der Waals surface area contributed by atoms with Crippen molar-refractivity contribution in [2.45, 2.75) is 24.7 Å². The van der Waals surface area contributed by atoms with Gasteiger partial charge in [-0.1, -0.05) is 36.4 Å². The molecule has 178 valence electrons. The molecule has 0 heterocycles. The van der Waals surface area contributed by atoms with Gasteiger partial charge in [-0.3, -0.25) is 9.59 Å². The summed E-state index contributed by atoms with van der Waals surface area (Å²) in [6, 6.07) is 16.6. The number of hydrazine groups is 1. The lowest BCUT2D eigenvalue weighted by atomic mass is 9.96. The minimum atomic E-state index is -4.38. The molecular formula is C25H25FN2O5S. The van der Waals surface area contributed by atoms with Gasteiger partial charge in [0.05, 0.1) is 10.5 Å². The fourth-order valence-corrected chi connectivity index (χ4v) is 4.46. The summed E-state index contributed by atoms with van der Waals surface area (Å²) in [6.07, 6.45) is 0.888. The molecule has 2 N–H and O–H groups in total. The average molecular weight is 485 g/mol. The summed E-state index contributed by atoms with van der Waals surface area (Å²) in [5, 5.41) is 0. The molecule has 0 atom stereocenters. The van der Waals surface area contributed by atoms with Gasteiger partial charge in [-0.15, -0.1) is 0 Å². The molecule has 0 saturated heterocycles. The van der Waals surface area contributed by atoms with Crippen molar-refractivity contribution in [2.24, 2.45) is 5.84 Å². The Morgan fingerprint density at radius 3 is 2.38 bits per heavy atom. The third kappa shape index (κ3) is 5.39. The van der Waals surface area contributed by atoms with Crippen LogP contribution in [-0.2, 0) is 14.8 Å². The molecule has 3 aromatic rings. The van der Waals surface area contributed by atoms with Gasteiger partial charge in [-0.2, -0.15) is 12.8 Å². The van der Waals surface area contributed by atoms with E-state index in [1.165, 1.54) is 43.3 Å². The fourth-order valence-electron chi connectivity index (χ4n) is 3.42. The van der Waals surface area contributed by atoms with Gasteiger partial charge >= 0.3 is 0 Å². The zero-order valence-corrected chi connectivity index (χ0v) is 19.6. The minimum absolute atomic E-state index is 0.0414. The minimum Gasteiger partial charge on any atom is -0.385 e. The summed E-state index contributed by atoms with van der Waals surface area (Å²) in [5.41, 5.74) is 1.12. The molecule has 0 aromatic heterocycles. The zero-order chi connectivity index (χ0) is 24.9. The van der Waals surface area contributed by atoms with Crippen molar-refractivity contribution < 1.29 is 27.1 Å². The molecule has 1 amide bonds. The van der Waals surface area contributed by atoms with E-state index in [-0.39, 0.29) is 20.7 Å². The van der Waals surface area contributed by atoms with Gasteiger partial charge in [0.1, 0.15) is 5.82 Å². The number of hydrogen-bond acceptors (Lipinski definition) is 6. The van der Waals surface area contributed by atoms with Gasteiger partial charge in [-0.25, -0.2) is 10.2 Å². The number of methoxy groups -OCH3 is 1. The van der Waals surface area contributed by atoms with E-state index >= 15 is 0 Å². The maximum Gasteiger partial charge on any atom is 0.285 e. The Labute approximate surface area is 198 Å². The Kier molecular flexibility index (Phi) is 7.93. The second kappa shape index (κ2) is 10.7. The van der Waals surface area contributed by atoms with E-state index in [1.807, 2.05) is 0 Å². The highest BCUT2D eigenvalue weighted by Crippen LogP contribution is 2.27. The number of nitrogens with two attached hydrogens (primary N) is 1. The number of sulfonamides is 1. The van der Waals surface area contributed by atoms with Crippen LogP contribution >= 0.6 is 0 Å². The maximum absolute atomic E-state index is 14.9. The Balaban J connectivity index is 1.97. The van der Waals surface area contributed by atoms with E-state index < -0.39 is 27.3 Å². The summed E-state index contributed by atoms with van der Waals surface area (Å²) in [7, 11) is -2.82. The molecule has 3 rings (SSSR count). The van der Waals surface area contributed by atoms with Crippen molar-refractivity contribution in [3.8, 4) is 11.1 Å². The molecule has 7 nitrogen and oxygen atoms in total. The molecule has 0 fully saturated rings. The van der Waals surface area contributed by atoms with Crippen LogP contribution in [-0.4, -0.2) is 38.2 Å². The molecule has 0 saturated carbocycles. The third-order valence-electron chi connectivity index (χ3n) is 5.26. The van der Waals surface area contributed by atoms with Crippen LogP contribution in [0.15, 0.2) is 71.6 Å². The second-order valence-corrected chi connectivity index (χ2v) is 9.49. The number of hydrogen-bond donors (Lipinski definition) is 1. The number of carbonyl (C=O) groups excluding carboxylic acids is 2. The van der Waals surface area contributed by atoms with Crippen LogP contribution in [0, 0.1) is 12.7 Å². The van der Waals surface area contributed by atoms with Crippen LogP contribution < -0.4 is 5.84 Å². The Morgan fingerprint density at radius 2 is 1.71 bits per heavy atom. The molecule has 0 unspecified atom stereocenters. The third-order valence-corrected chi connectivity index (χ3v) is 6.81. The van der Waals surface area contributed by atoms with Crippen LogP contribution in [0.3, 0.4) is 0 Å². The average Bonchev–Trinajstić information content (AvgIpc) is 2.85. The van der Waals surface area contributed by atoms with E-state index in [0.717, 1.165) is 0 Å². The highest BCUT2D eigenvalue weighted by molar-refractivity contribution is 7.89. The molecule has 0 aliphatic rings. The lowest BCUT2D eigenvalue weighted by Gasteiger charge is -2.18. The van der Waals surface area contributed by atoms with Gasteiger partial charge < -0.3 is 4.74 Å². The van der Waals surface area contributed by atoms with Crippen molar-refractivity contribution in [1.29, 1.82) is 0 Å². The predicted molar refractivity (Wildman–Crippen MR) is 126 cm³/mol. The van der Waals surface area contributed by atoms with E-state index in [9.17, 15) is 22.4 Å². The standard InChI is InChI=1S/C25H25FN2O5S/c1-17-14-20(18-8-6-9-19(15-18)23(29)12-7-13-33-2)16-22(24(17)26)25(30)28(27)34(31,32)21-10-4-3-5-11-21/h3-6,8-11,14-16H,7,12-13,27H2,1-2H3. The van der Waals surface area contributed by atoms with Gasteiger partial charge in [0, 0.05) is 25.7 Å². The summed E-state index contributed by atoms with van der Waals surface area (Å²) >= 11 is 0. The van der Waals surface area contributed by atoms with Gasteiger partial charge in [0.15, 0.2) is 5.78 Å². The first kappa shape index (κ1) is 25.2. The number of Topliss-reactive ketones (excluding diaryl/α,β-unsaturated/α-hetero) is 1. The molecule has 0 spiro atoms. The first-order valence-electron chi connectivity index (χ1n) is 10.5. The molecule has 0 bridgehead atoms. The van der Waals surface area contributed by atoms with E-state index in [2.05, 4.69) is 0 Å². The lowest BCUT2D eigenvalue weighted by Crippen LogP contribution is -2.42. The van der Waals surface area contributed by atoms with Crippen molar-refractivity contribution >= 4 is 21.7 Å². The number of ketones is 1. The molecule has 0 aliphatic carbocycles. The summed E-state index contributed by atoms with van der Waals surface area (Å²) in [4.78, 5) is 25.2. The first-order valence-corrected chi connectivity index (χ1v) is 11.9. The molecule has 0 radical (unpaired) electrons. The van der Waals surface area contributed by atoms with E-state index in [4.69, 9.17) is 10.6 Å². The van der Waals surface area contributed by atoms with Crippen molar-refractivity contribution in [2.75, 3.05) is 13.7 Å². The summed E-state index contributed by atoms with van der Waals surface area (Å²) < 4.78 is 45.4. The topological polar surface area (TPSA) is 107 Å². The maximum atomic E-state index is 14.9. The highest BCUT2D eigenvalue weighted by atomic mass is 32.2. The van der Waals surface area contributed by atoms with E-state index in [0.29, 0.717) is 36.1 Å². The number of carbonyl (C=O) groups is 2. The second-order valence-electron chi connectivity index (χ2n) is 7.67.